The Labute approximate surface area is 317 Å². The highest BCUT2D eigenvalue weighted by molar-refractivity contribution is 6.00. The number of imidazole rings is 1. The number of piperidine rings is 1. The standard InChI is InChI=1S/C41H44N10O4/c1-47-34-19-28(7-8-32(34)51(40(47)55)33-9-10-35(52)46-39(33)54)50-22-25(23-50)21-48-15-17-49(18-16-48)27-5-3-26(4-6-27)37-42-14-11-30(45-37)31-20-29-36(44-31)41(12-2-13-41)24-43-38(29)53/h3-8,11,14,19-20,25,33,44H,2,9-10,12-13,15-18,21-24H2,1H3,(H,43,53)(H,46,52,54). The first-order valence-electron chi connectivity index (χ1n) is 19.5. The van der Waals surface area contributed by atoms with Crippen LogP contribution in [0.3, 0.4) is 0 Å². The van der Waals surface area contributed by atoms with Crippen molar-refractivity contribution >= 4 is 40.1 Å². The quantitative estimate of drug-likeness (QED) is 0.214. The van der Waals surface area contributed by atoms with Crippen molar-refractivity contribution in [2.75, 3.05) is 62.2 Å². The summed E-state index contributed by atoms with van der Waals surface area (Å²) in [6, 6.07) is 17.7. The fraction of sp³-hybridized carbons (Fsp3) is 0.415. The van der Waals surface area contributed by atoms with Gasteiger partial charge in [-0.3, -0.25) is 33.7 Å². The van der Waals surface area contributed by atoms with E-state index < -0.39 is 11.9 Å². The van der Waals surface area contributed by atoms with E-state index in [1.165, 1.54) is 16.7 Å². The summed E-state index contributed by atoms with van der Waals surface area (Å²) in [4.78, 5) is 70.5. The van der Waals surface area contributed by atoms with Gasteiger partial charge in [0.05, 0.1) is 28.0 Å². The normalized spacial score (nSPS) is 21.3. The third-order valence-corrected chi connectivity index (χ3v) is 12.7. The minimum atomic E-state index is -0.681. The molecule has 2 aromatic carbocycles. The largest absolute Gasteiger partial charge is 0.371 e. The van der Waals surface area contributed by atoms with E-state index in [4.69, 9.17) is 4.98 Å². The third-order valence-electron chi connectivity index (χ3n) is 12.7. The first kappa shape index (κ1) is 33.8. The Morgan fingerprint density at radius 1 is 0.873 bits per heavy atom. The summed E-state index contributed by atoms with van der Waals surface area (Å²) in [5.74, 6) is 0.505. The highest BCUT2D eigenvalue weighted by Gasteiger charge is 2.45. The maximum atomic E-state index is 13.2. The van der Waals surface area contributed by atoms with E-state index in [0.717, 1.165) is 98.1 Å². The van der Waals surface area contributed by atoms with Gasteiger partial charge in [-0.2, -0.15) is 0 Å². The van der Waals surface area contributed by atoms with Crippen molar-refractivity contribution in [2.45, 2.75) is 43.6 Å². The Kier molecular flexibility index (Phi) is 7.94. The van der Waals surface area contributed by atoms with Crippen LogP contribution >= 0.6 is 0 Å². The Hall–Kier alpha value is -5.76. The van der Waals surface area contributed by atoms with Crippen LogP contribution in [0.1, 0.15) is 54.2 Å². The zero-order valence-corrected chi connectivity index (χ0v) is 30.9. The number of hydrogen-bond acceptors (Lipinski definition) is 9. The molecule has 1 atom stereocenters. The van der Waals surface area contributed by atoms with Gasteiger partial charge in [0.15, 0.2) is 5.82 Å². The fourth-order valence-corrected chi connectivity index (χ4v) is 9.35. The molecule has 55 heavy (non-hydrogen) atoms. The van der Waals surface area contributed by atoms with Gasteiger partial charge in [0.2, 0.25) is 11.8 Å². The van der Waals surface area contributed by atoms with Crippen molar-refractivity contribution in [3.8, 4) is 22.8 Å². The van der Waals surface area contributed by atoms with Crippen molar-refractivity contribution in [1.82, 2.24) is 39.6 Å². The zero-order chi connectivity index (χ0) is 37.4. The molecule has 0 radical (unpaired) electrons. The molecule has 3 N–H and O–H groups in total. The van der Waals surface area contributed by atoms with Gasteiger partial charge < -0.3 is 20.1 Å². The van der Waals surface area contributed by atoms with Gasteiger partial charge in [0.25, 0.3) is 5.91 Å². The Morgan fingerprint density at radius 3 is 2.40 bits per heavy atom. The molecule has 3 saturated heterocycles. The maximum absolute atomic E-state index is 13.2. The van der Waals surface area contributed by atoms with Gasteiger partial charge in [-0.1, -0.05) is 6.42 Å². The van der Waals surface area contributed by atoms with Gasteiger partial charge >= 0.3 is 5.69 Å². The van der Waals surface area contributed by atoms with E-state index in [-0.39, 0.29) is 29.3 Å². The van der Waals surface area contributed by atoms with Crippen molar-refractivity contribution in [1.29, 1.82) is 0 Å². The predicted molar refractivity (Wildman–Crippen MR) is 208 cm³/mol. The molecule has 1 unspecified atom stereocenters. The summed E-state index contributed by atoms with van der Waals surface area (Å²) in [7, 11) is 1.74. The predicted octanol–water partition coefficient (Wildman–Crippen LogP) is 3.19. The second-order valence-corrected chi connectivity index (χ2v) is 16.0. The van der Waals surface area contributed by atoms with Crippen LogP contribution in [0, 0.1) is 5.92 Å². The number of aromatic amines is 1. The first-order valence-corrected chi connectivity index (χ1v) is 19.5. The number of benzene rings is 2. The average Bonchev–Trinajstić information content (AvgIpc) is 3.73. The molecule has 4 aliphatic heterocycles. The monoisotopic (exact) mass is 740 g/mol. The average molecular weight is 741 g/mol. The Balaban J connectivity index is 0.739. The molecule has 1 aliphatic carbocycles. The number of aromatic nitrogens is 5. The molecule has 282 valence electrons. The summed E-state index contributed by atoms with van der Waals surface area (Å²) in [5.41, 5.74) is 7.95. The summed E-state index contributed by atoms with van der Waals surface area (Å²) < 4.78 is 3.13. The molecule has 14 nitrogen and oxygen atoms in total. The van der Waals surface area contributed by atoms with Crippen LogP contribution in [-0.2, 0) is 22.1 Å². The summed E-state index contributed by atoms with van der Waals surface area (Å²) in [5, 5.41) is 5.46. The second kappa shape index (κ2) is 12.9. The van der Waals surface area contributed by atoms with Crippen LogP contribution in [0.4, 0.5) is 11.4 Å². The fourth-order valence-electron chi connectivity index (χ4n) is 9.35. The number of piperazine rings is 1. The van der Waals surface area contributed by atoms with Crippen LogP contribution in [-0.4, -0.2) is 99.1 Å². The second-order valence-electron chi connectivity index (χ2n) is 16.0. The topological polar surface area (TPSA) is 153 Å². The molecule has 10 rings (SSSR count). The molecule has 1 spiro atoms. The lowest BCUT2D eigenvalue weighted by molar-refractivity contribution is -0.135. The van der Waals surface area contributed by atoms with Crippen molar-refractivity contribution < 1.29 is 14.4 Å². The number of carbonyl (C=O) groups excluding carboxylic acids is 3. The molecule has 7 heterocycles. The number of hydrogen-bond donors (Lipinski definition) is 3. The first-order chi connectivity index (χ1) is 26.7. The molecule has 5 aromatic rings. The molecule has 3 aromatic heterocycles. The number of aryl methyl sites for hydroxylation is 1. The van der Waals surface area contributed by atoms with Crippen molar-refractivity contribution in [3.63, 3.8) is 0 Å². The molecule has 5 aliphatic rings. The van der Waals surface area contributed by atoms with Gasteiger partial charge in [0, 0.05) is 106 Å². The van der Waals surface area contributed by atoms with Crippen LogP contribution in [0.5, 0.6) is 0 Å². The number of nitrogens with zero attached hydrogens (tertiary/aromatic N) is 7. The van der Waals surface area contributed by atoms with Crippen molar-refractivity contribution in [2.24, 2.45) is 13.0 Å². The Bertz CT molecular complexity index is 2410. The van der Waals surface area contributed by atoms with Crippen LogP contribution < -0.4 is 26.1 Å². The molecular weight excluding hydrogens is 697 g/mol. The Morgan fingerprint density at radius 2 is 1.65 bits per heavy atom. The van der Waals surface area contributed by atoms with E-state index in [2.05, 4.69) is 59.6 Å². The third kappa shape index (κ3) is 5.72. The lowest BCUT2D eigenvalue weighted by atomic mass is 9.64. The number of rotatable bonds is 7. The minimum absolute atomic E-state index is 0.0150. The molecule has 3 amide bonds. The number of nitrogens with one attached hydrogen (secondary N) is 3. The number of amides is 3. The van der Waals surface area contributed by atoms with Gasteiger partial charge in [-0.05, 0) is 73.9 Å². The van der Waals surface area contributed by atoms with Crippen LogP contribution in [0.15, 0.2) is 65.6 Å². The molecule has 0 bridgehead atoms. The van der Waals surface area contributed by atoms with E-state index in [1.54, 1.807) is 17.8 Å². The highest BCUT2D eigenvalue weighted by Crippen LogP contribution is 2.46. The molecule has 1 saturated carbocycles. The number of H-pyrrole nitrogens is 1. The number of anilines is 2. The van der Waals surface area contributed by atoms with Crippen molar-refractivity contribution in [3.05, 3.63) is 82.5 Å². The SMILES string of the molecule is Cn1c(=O)n(C2CCC(=O)NC2=O)c2ccc(N3CC(CN4CCN(c5ccc(-c6nccc(-c7cc8c([nH]7)C7(CCC7)CNC8=O)n6)cc5)CC4)C3)cc21. The van der Waals surface area contributed by atoms with Gasteiger partial charge in [-0.15, -0.1) is 0 Å². The van der Waals surface area contributed by atoms with Gasteiger partial charge in [0.1, 0.15) is 6.04 Å². The van der Waals surface area contributed by atoms with Gasteiger partial charge in [-0.25, -0.2) is 14.8 Å². The maximum Gasteiger partial charge on any atom is 0.329 e. The number of imide groups is 1. The number of carbonyl (C=O) groups is 3. The summed E-state index contributed by atoms with van der Waals surface area (Å²) in [6.45, 7) is 7.61. The summed E-state index contributed by atoms with van der Waals surface area (Å²) in [6.07, 6.45) is 5.71. The minimum Gasteiger partial charge on any atom is -0.371 e. The smallest absolute Gasteiger partial charge is 0.329 e. The molecule has 14 heteroatoms. The zero-order valence-electron chi connectivity index (χ0n) is 30.9. The van der Waals surface area contributed by atoms with E-state index in [0.29, 0.717) is 30.2 Å². The summed E-state index contributed by atoms with van der Waals surface area (Å²) >= 11 is 0. The van der Waals surface area contributed by atoms with Crippen LogP contribution in [0.25, 0.3) is 33.8 Å². The van der Waals surface area contributed by atoms with E-state index >= 15 is 0 Å². The molecule has 4 fully saturated rings. The highest BCUT2D eigenvalue weighted by atomic mass is 16.2. The van der Waals surface area contributed by atoms with E-state index in [1.807, 2.05) is 30.3 Å². The lowest BCUT2D eigenvalue weighted by Crippen LogP contribution is -2.55. The lowest BCUT2D eigenvalue weighted by Gasteiger charge is -2.45. The number of fused-ring (bicyclic) bond motifs is 3. The van der Waals surface area contributed by atoms with E-state index in [9.17, 15) is 19.2 Å². The van der Waals surface area contributed by atoms with Crippen LogP contribution in [0.2, 0.25) is 0 Å². The molecular formula is C41H44N10O4.